The Balaban J connectivity index is 1.70. The summed E-state index contributed by atoms with van der Waals surface area (Å²) in [5.41, 5.74) is 3.98. The summed E-state index contributed by atoms with van der Waals surface area (Å²) in [5.74, 6) is 1.60. The summed E-state index contributed by atoms with van der Waals surface area (Å²) in [6.07, 6.45) is 2.92. The standard InChI is InChI=1S/C19H20N4O2S/c1-12-4-3-5-13(8-12)14-9-16-15(17(24)10-14)11-20-18-21-19(22-23(16)18)26-7-6-25-2/h3-5,8,11,14H,6-7,9-10H2,1-2H3. The van der Waals surface area contributed by atoms with Gasteiger partial charge < -0.3 is 4.74 Å². The smallest absolute Gasteiger partial charge is 0.253 e. The van der Waals surface area contributed by atoms with Gasteiger partial charge in [-0.2, -0.15) is 9.50 Å². The van der Waals surface area contributed by atoms with Gasteiger partial charge in [0.05, 0.1) is 17.9 Å². The second-order valence-corrected chi connectivity index (χ2v) is 7.57. The van der Waals surface area contributed by atoms with Crippen molar-refractivity contribution in [3.05, 3.63) is 52.8 Å². The molecule has 26 heavy (non-hydrogen) atoms. The number of hydrogen-bond donors (Lipinski definition) is 0. The molecule has 0 amide bonds. The van der Waals surface area contributed by atoms with Crippen LogP contribution in [0.1, 0.15) is 39.5 Å². The van der Waals surface area contributed by atoms with Gasteiger partial charge in [-0.25, -0.2) is 4.98 Å². The first-order valence-electron chi connectivity index (χ1n) is 8.62. The maximum Gasteiger partial charge on any atom is 0.253 e. The first kappa shape index (κ1) is 17.2. The number of fused-ring (bicyclic) bond motifs is 3. The van der Waals surface area contributed by atoms with Gasteiger partial charge in [0.1, 0.15) is 0 Å². The molecule has 6 nitrogen and oxygen atoms in total. The maximum absolute atomic E-state index is 12.7. The average molecular weight is 368 g/mol. The number of ketones is 1. The molecule has 2 heterocycles. The number of aryl methyl sites for hydroxylation is 1. The van der Waals surface area contributed by atoms with Crippen LogP contribution in [-0.2, 0) is 11.2 Å². The largest absolute Gasteiger partial charge is 0.384 e. The van der Waals surface area contributed by atoms with E-state index in [1.165, 1.54) is 22.9 Å². The molecule has 0 N–H and O–H groups in total. The van der Waals surface area contributed by atoms with Gasteiger partial charge in [-0.15, -0.1) is 5.10 Å². The molecule has 0 spiro atoms. The zero-order chi connectivity index (χ0) is 18.1. The van der Waals surface area contributed by atoms with Crippen molar-refractivity contribution in [2.75, 3.05) is 19.5 Å². The highest BCUT2D eigenvalue weighted by Gasteiger charge is 2.29. The minimum Gasteiger partial charge on any atom is -0.384 e. The number of thioether (sulfide) groups is 1. The van der Waals surface area contributed by atoms with Crippen molar-refractivity contribution >= 4 is 23.3 Å². The normalized spacial score (nSPS) is 16.8. The molecule has 1 aliphatic rings. The summed E-state index contributed by atoms with van der Waals surface area (Å²) in [7, 11) is 1.67. The van der Waals surface area contributed by atoms with Crippen LogP contribution in [0.2, 0.25) is 0 Å². The number of ether oxygens (including phenoxy) is 1. The van der Waals surface area contributed by atoms with Gasteiger partial charge >= 0.3 is 0 Å². The highest BCUT2D eigenvalue weighted by molar-refractivity contribution is 7.99. The van der Waals surface area contributed by atoms with E-state index in [1.54, 1.807) is 17.8 Å². The van der Waals surface area contributed by atoms with Crippen molar-refractivity contribution in [3.8, 4) is 0 Å². The molecule has 1 atom stereocenters. The Morgan fingerprint density at radius 1 is 1.35 bits per heavy atom. The molecule has 0 saturated heterocycles. The molecule has 134 valence electrons. The minimum atomic E-state index is 0.122. The molecule has 7 heteroatoms. The second-order valence-electron chi connectivity index (χ2n) is 6.51. The molecular formula is C19H20N4O2S. The summed E-state index contributed by atoms with van der Waals surface area (Å²) >= 11 is 1.53. The van der Waals surface area contributed by atoms with E-state index in [0.29, 0.717) is 29.5 Å². The monoisotopic (exact) mass is 368 g/mol. The fraction of sp³-hybridized carbons (Fsp3) is 0.368. The van der Waals surface area contributed by atoms with Crippen molar-refractivity contribution in [2.24, 2.45) is 0 Å². The zero-order valence-electron chi connectivity index (χ0n) is 14.8. The second kappa shape index (κ2) is 7.17. The number of methoxy groups -OCH3 is 1. The van der Waals surface area contributed by atoms with Gasteiger partial charge in [-0.3, -0.25) is 4.79 Å². The van der Waals surface area contributed by atoms with E-state index >= 15 is 0 Å². The van der Waals surface area contributed by atoms with Crippen molar-refractivity contribution in [3.63, 3.8) is 0 Å². The van der Waals surface area contributed by atoms with Gasteiger partial charge in [0.2, 0.25) is 5.16 Å². The minimum absolute atomic E-state index is 0.122. The number of benzene rings is 1. The number of aromatic nitrogens is 4. The van der Waals surface area contributed by atoms with E-state index in [4.69, 9.17) is 4.74 Å². The molecule has 1 aliphatic carbocycles. The molecule has 0 fully saturated rings. The molecule has 3 aromatic rings. The lowest BCUT2D eigenvalue weighted by molar-refractivity contribution is 0.0962. The van der Waals surface area contributed by atoms with Crippen molar-refractivity contribution in [2.45, 2.75) is 30.8 Å². The average Bonchev–Trinajstić information content (AvgIpc) is 3.05. The molecule has 0 radical (unpaired) electrons. The van der Waals surface area contributed by atoms with Gasteiger partial charge in [0.25, 0.3) is 5.78 Å². The molecule has 0 saturated carbocycles. The third kappa shape index (κ3) is 3.24. The van der Waals surface area contributed by atoms with Gasteiger partial charge in [0.15, 0.2) is 5.78 Å². The van der Waals surface area contributed by atoms with E-state index in [-0.39, 0.29) is 11.7 Å². The predicted molar refractivity (Wildman–Crippen MR) is 100.0 cm³/mol. The summed E-state index contributed by atoms with van der Waals surface area (Å²) in [6, 6.07) is 8.38. The van der Waals surface area contributed by atoms with E-state index < -0.39 is 0 Å². The summed E-state index contributed by atoms with van der Waals surface area (Å²) in [6.45, 7) is 2.71. The van der Waals surface area contributed by atoms with Crippen LogP contribution in [0.15, 0.2) is 35.6 Å². The number of nitrogens with zero attached hydrogens (tertiary/aromatic N) is 4. The Bertz CT molecular complexity index is 969. The molecule has 0 bridgehead atoms. The van der Waals surface area contributed by atoms with Crippen LogP contribution >= 0.6 is 11.8 Å². The molecule has 2 aromatic heterocycles. The van der Waals surface area contributed by atoms with Crippen LogP contribution in [-0.4, -0.2) is 44.8 Å². The Kier molecular flexibility index (Phi) is 4.74. The number of carbonyl (C=O) groups is 1. The SMILES string of the molecule is COCCSc1nc2ncc3c(n2n1)CC(c1cccc(C)c1)CC3=O. The quantitative estimate of drug-likeness (QED) is 0.509. The molecular weight excluding hydrogens is 348 g/mol. The highest BCUT2D eigenvalue weighted by Crippen LogP contribution is 2.33. The van der Waals surface area contributed by atoms with E-state index in [0.717, 1.165) is 17.9 Å². The highest BCUT2D eigenvalue weighted by atomic mass is 32.2. The van der Waals surface area contributed by atoms with Crippen LogP contribution in [0.5, 0.6) is 0 Å². The third-order valence-electron chi connectivity index (χ3n) is 4.65. The lowest BCUT2D eigenvalue weighted by Crippen LogP contribution is -2.22. The van der Waals surface area contributed by atoms with E-state index in [1.807, 2.05) is 6.07 Å². The van der Waals surface area contributed by atoms with Gasteiger partial charge in [-0.1, -0.05) is 41.6 Å². The lowest BCUT2D eigenvalue weighted by atomic mass is 9.82. The van der Waals surface area contributed by atoms with Crippen LogP contribution in [0.3, 0.4) is 0 Å². The lowest BCUT2D eigenvalue weighted by Gasteiger charge is -2.24. The summed E-state index contributed by atoms with van der Waals surface area (Å²) in [4.78, 5) is 21.5. The van der Waals surface area contributed by atoms with E-state index in [2.05, 4.69) is 40.2 Å². The van der Waals surface area contributed by atoms with Crippen molar-refractivity contribution in [1.82, 2.24) is 19.6 Å². The fourth-order valence-electron chi connectivity index (χ4n) is 3.37. The first-order valence-corrected chi connectivity index (χ1v) is 9.60. The van der Waals surface area contributed by atoms with E-state index in [9.17, 15) is 4.79 Å². The Labute approximate surface area is 156 Å². The first-order chi connectivity index (χ1) is 12.7. The predicted octanol–water partition coefficient (Wildman–Crippen LogP) is 3.08. The third-order valence-corrected chi connectivity index (χ3v) is 5.45. The Hall–Kier alpha value is -2.25. The maximum atomic E-state index is 12.7. The fourth-order valence-corrected chi connectivity index (χ4v) is 4.09. The van der Waals surface area contributed by atoms with Crippen LogP contribution in [0, 0.1) is 6.92 Å². The van der Waals surface area contributed by atoms with Crippen LogP contribution < -0.4 is 0 Å². The summed E-state index contributed by atoms with van der Waals surface area (Å²) in [5, 5.41) is 5.24. The number of hydrogen-bond acceptors (Lipinski definition) is 6. The molecule has 0 aliphatic heterocycles. The summed E-state index contributed by atoms with van der Waals surface area (Å²) < 4.78 is 6.81. The van der Waals surface area contributed by atoms with Crippen LogP contribution in [0.4, 0.5) is 0 Å². The molecule has 1 unspecified atom stereocenters. The molecule has 1 aromatic carbocycles. The Morgan fingerprint density at radius 2 is 2.23 bits per heavy atom. The zero-order valence-corrected chi connectivity index (χ0v) is 15.6. The number of Topliss-reactive ketones (excluding diaryl/α,β-unsaturated/α-hetero) is 1. The number of rotatable bonds is 5. The van der Waals surface area contributed by atoms with Crippen LogP contribution in [0.25, 0.3) is 5.78 Å². The van der Waals surface area contributed by atoms with Crippen molar-refractivity contribution in [1.29, 1.82) is 0 Å². The molecule has 4 rings (SSSR count). The van der Waals surface area contributed by atoms with Gasteiger partial charge in [0, 0.05) is 25.5 Å². The number of carbonyl (C=O) groups excluding carboxylic acids is 1. The Morgan fingerprint density at radius 3 is 3.04 bits per heavy atom. The van der Waals surface area contributed by atoms with Crippen molar-refractivity contribution < 1.29 is 9.53 Å². The topological polar surface area (TPSA) is 69.4 Å². The van der Waals surface area contributed by atoms with Gasteiger partial charge in [-0.05, 0) is 24.8 Å².